The third kappa shape index (κ3) is 68.6. The van der Waals surface area contributed by atoms with Crippen LogP contribution >= 0.6 is 15.6 Å². The maximum absolute atomic E-state index is 13.1. The van der Waals surface area contributed by atoms with Crippen LogP contribution in [0.3, 0.4) is 0 Å². The number of unbranched alkanes of at least 4 members (excludes halogenated alkanes) is 41. The largest absolute Gasteiger partial charge is 0.472 e. The van der Waals surface area contributed by atoms with E-state index in [0.29, 0.717) is 25.7 Å². The summed E-state index contributed by atoms with van der Waals surface area (Å²) >= 11 is 0. The monoisotopic (exact) mass is 1380 g/mol. The molecule has 0 fully saturated rings. The van der Waals surface area contributed by atoms with Gasteiger partial charge >= 0.3 is 39.5 Å². The van der Waals surface area contributed by atoms with E-state index in [1.54, 1.807) is 0 Å². The Balaban J connectivity index is 5.27. The first-order valence-electron chi connectivity index (χ1n) is 38.8. The summed E-state index contributed by atoms with van der Waals surface area (Å²) in [5.74, 6) is 0.170. The highest BCUT2D eigenvalue weighted by atomic mass is 31.2. The molecule has 19 heteroatoms. The Morgan fingerprint density at radius 2 is 0.489 bits per heavy atom. The topological polar surface area (TPSA) is 237 Å². The summed E-state index contributed by atoms with van der Waals surface area (Å²) in [6.07, 6.45) is 51.2. The lowest BCUT2D eigenvalue weighted by Gasteiger charge is -2.21. The summed E-state index contributed by atoms with van der Waals surface area (Å²) < 4.78 is 68.5. The number of phosphoric acid groups is 2. The van der Waals surface area contributed by atoms with E-state index in [9.17, 15) is 43.2 Å². The Morgan fingerprint density at radius 1 is 0.287 bits per heavy atom. The fourth-order valence-electron chi connectivity index (χ4n) is 11.4. The number of ether oxygens (including phenoxy) is 4. The van der Waals surface area contributed by atoms with Gasteiger partial charge < -0.3 is 33.8 Å². The molecular formula is C75H146O17P2. The fraction of sp³-hybridized carbons (Fsp3) is 0.947. The highest BCUT2D eigenvalue weighted by Crippen LogP contribution is 2.45. The number of aliphatic hydroxyl groups excluding tert-OH is 1. The molecule has 0 amide bonds. The van der Waals surface area contributed by atoms with Crippen molar-refractivity contribution in [2.75, 3.05) is 39.6 Å². The minimum Gasteiger partial charge on any atom is -0.462 e. The Kier molecular flexibility index (Phi) is 64.3. The van der Waals surface area contributed by atoms with E-state index in [4.69, 9.17) is 37.0 Å². The van der Waals surface area contributed by atoms with Crippen molar-refractivity contribution in [3.63, 3.8) is 0 Å². The normalized spacial score (nSPS) is 14.1. The van der Waals surface area contributed by atoms with Gasteiger partial charge in [0.15, 0.2) is 12.2 Å². The van der Waals surface area contributed by atoms with Crippen LogP contribution in [0.15, 0.2) is 0 Å². The minimum absolute atomic E-state index is 0.106. The summed E-state index contributed by atoms with van der Waals surface area (Å²) in [4.78, 5) is 72.8. The van der Waals surface area contributed by atoms with E-state index in [0.717, 1.165) is 108 Å². The van der Waals surface area contributed by atoms with Crippen LogP contribution in [0, 0.1) is 17.8 Å². The van der Waals surface area contributed by atoms with Crippen LogP contribution in [-0.4, -0.2) is 96.7 Å². The van der Waals surface area contributed by atoms with Gasteiger partial charge in [-0.2, -0.15) is 0 Å². The van der Waals surface area contributed by atoms with Crippen LogP contribution in [0.5, 0.6) is 0 Å². The van der Waals surface area contributed by atoms with Crippen molar-refractivity contribution >= 4 is 39.5 Å². The van der Waals surface area contributed by atoms with Crippen LogP contribution < -0.4 is 0 Å². The fourth-order valence-corrected chi connectivity index (χ4v) is 13.0. The standard InChI is InChI=1S/C75H146O17P2/c1-8-9-10-11-12-13-14-15-19-28-35-42-49-56-72(77)85-62-71(92-75(80)59-52-45-38-31-24-22-27-34-41-48-55-68(6)7)65-90-94(83,84)88-61-69(76)60-87-93(81,82)89-64-70(63-86-73(78)57-50-43-36-29-23-21-26-33-40-47-54-67(4)5)91-74(79)58-51-44-37-30-20-17-16-18-25-32-39-46-53-66(2)3/h66-71,76H,8-65H2,1-7H3,(H,81,82)(H,83,84)/t69-,70-,71-/m1/s1. The summed E-state index contributed by atoms with van der Waals surface area (Å²) in [5, 5.41) is 10.6. The molecule has 2 unspecified atom stereocenters. The molecule has 94 heavy (non-hydrogen) atoms. The van der Waals surface area contributed by atoms with Crippen molar-refractivity contribution in [3.8, 4) is 0 Å². The van der Waals surface area contributed by atoms with Crippen molar-refractivity contribution in [3.05, 3.63) is 0 Å². The number of carbonyl (C=O) groups excluding carboxylic acids is 4. The van der Waals surface area contributed by atoms with Crippen molar-refractivity contribution in [1.82, 2.24) is 0 Å². The molecule has 17 nitrogen and oxygen atoms in total. The second-order valence-electron chi connectivity index (χ2n) is 28.5. The van der Waals surface area contributed by atoms with Crippen molar-refractivity contribution in [1.29, 1.82) is 0 Å². The molecule has 0 saturated heterocycles. The maximum Gasteiger partial charge on any atom is 0.472 e. The minimum atomic E-state index is -4.96. The van der Waals surface area contributed by atoms with Gasteiger partial charge in [0.2, 0.25) is 0 Å². The predicted molar refractivity (Wildman–Crippen MR) is 381 cm³/mol. The number of phosphoric ester groups is 2. The van der Waals surface area contributed by atoms with E-state index in [-0.39, 0.29) is 25.7 Å². The molecule has 5 atom stereocenters. The molecule has 0 aromatic carbocycles. The Hall–Kier alpha value is -1.94. The van der Waals surface area contributed by atoms with Crippen molar-refractivity contribution in [2.45, 2.75) is 401 Å². The third-order valence-corrected chi connectivity index (χ3v) is 19.3. The molecule has 0 aliphatic heterocycles. The highest BCUT2D eigenvalue weighted by Gasteiger charge is 2.30. The number of carbonyl (C=O) groups is 4. The van der Waals surface area contributed by atoms with E-state index >= 15 is 0 Å². The molecule has 0 radical (unpaired) electrons. The second kappa shape index (κ2) is 65.7. The van der Waals surface area contributed by atoms with Gasteiger partial charge in [-0.1, -0.05) is 331 Å². The van der Waals surface area contributed by atoms with Crippen molar-refractivity contribution in [2.24, 2.45) is 17.8 Å². The Labute approximate surface area is 575 Å². The zero-order chi connectivity index (χ0) is 69.4. The molecule has 558 valence electrons. The average molecular weight is 1380 g/mol. The average Bonchev–Trinajstić information content (AvgIpc) is 1.14. The molecule has 0 rings (SSSR count). The lowest BCUT2D eigenvalue weighted by molar-refractivity contribution is -0.161. The molecule has 0 heterocycles. The first-order valence-corrected chi connectivity index (χ1v) is 41.8. The molecule has 0 aromatic rings. The highest BCUT2D eigenvalue weighted by molar-refractivity contribution is 7.47. The Bertz CT molecular complexity index is 1840. The van der Waals surface area contributed by atoms with Crippen LogP contribution in [0.2, 0.25) is 0 Å². The van der Waals surface area contributed by atoms with Gasteiger partial charge in [0, 0.05) is 25.7 Å². The van der Waals surface area contributed by atoms with Crippen molar-refractivity contribution < 1.29 is 80.2 Å². The Morgan fingerprint density at radius 3 is 0.723 bits per heavy atom. The summed E-state index contributed by atoms with van der Waals surface area (Å²) in [7, 11) is -9.91. The lowest BCUT2D eigenvalue weighted by Crippen LogP contribution is -2.30. The predicted octanol–water partition coefficient (Wildman–Crippen LogP) is 21.8. The molecule has 0 saturated carbocycles. The first kappa shape index (κ1) is 92.1. The third-order valence-electron chi connectivity index (χ3n) is 17.4. The van der Waals surface area contributed by atoms with Gasteiger partial charge in [-0.05, 0) is 43.4 Å². The number of esters is 4. The maximum atomic E-state index is 13.1. The van der Waals surface area contributed by atoms with Gasteiger partial charge in [-0.15, -0.1) is 0 Å². The summed E-state index contributed by atoms with van der Waals surface area (Å²) in [6.45, 7) is 11.9. The molecule has 0 aromatic heterocycles. The molecule has 0 aliphatic carbocycles. The van der Waals surface area contributed by atoms with E-state index in [1.165, 1.54) is 193 Å². The van der Waals surface area contributed by atoms with Gasteiger partial charge in [-0.25, -0.2) is 9.13 Å². The van der Waals surface area contributed by atoms with Gasteiger partial charge in [0.25, 0.3) is 0 Å². The van der Waals surface area contributed by atoms with Crippen LogP contribution in [0.25, 0.3) is 0 Å². The van der Waals surface area contributed by atoms with Crippen LogP contribution in [-0.2, 0) is 65.4 Å². The number of hydrogen-bond donors (Lipinski definition) is 3. The van der Waals surface area contributed by atoms with E-state index in [1.807, 2.05) is 0 Å². The number of rotatable bonds is 73. The molecule has 0 aliphatic rings. The molecule has 0 spiro atoms. The SMILES string of the molecule is CCCCCCCCCCCCCCCC(=O)OC[C@H](COP(=O)(O)OC[C@H](O)COP(=O)(O)OC[C@@H](COC(=O)CCCCCCCCCCCCC(C)C)OC(=O)CCCCCCCCCCCCCCC(C)C)OC(=O)CCCCCCCCCCCCC(C)C. The molecule has 3 N–H and O–H groups in total. The summed E-state index contributed by atoms with van der Waals surface area (Å²) in [5.41, 5.74) is 0. The molecule has 0 bridgehead atoms. The van der Waals surface area contributed by atoms with Gasteiger partial charge in [0.1, 0.15) is 19.3 Å². The number of aliphatic hydroxyl groups is 1. The van der Waals surface area contributed by atoms with Gasteiger partial charge in [0.05, 0.1) is 26.4 Å². The zero-order valence-corrected chi connectivity index (χ0v) is 63.2. The second-order valence-corrected chi connectivity index (χ2v) is 31.4. The first-order chi connectivity index (χ1) is 45.2. The van der Waals surface area contributed by atoms with Gasteiger partial charge in [-0.3, -0.25) is 37.3 Å². The lowest BCUT2D eigenvalue weighted by atomic mass is 10.0. The zero-order valence-electron chi connectivity index (χ0n) is 61.4. The quantitative estimate of drug-likeness (QED) is 0.0222. The van der Waals surface area contributed by atoms with E-state index in [2.05, 4.69) is 48.5 Å². The smallest absolute Gasteiger partial charge is 0.462 e. The number of hydrogen-bond acceptors (Lipinski definition) is 15. The molecular weight excluding hydrogens is 1230 g/mol. The summed E-state index contributed by atoms with van der Waals surface area (Å²) in [6, 6.07) is 0. The van der Waals surface area contributed by atoms with Crippen LogP contribution in [0.4, 0.5) is 0 Å². The van der Waals surface area contributed by atoms with Crippen LogP contribution in [0.1, 0.15) is 382 Å². The van der Waals surface area contributed by atoms with E-state index < -0.39 is 97.5 Å².